The van der Waals surface area contributed by atoms with E-state index >= 15 is 0 Å². The summed E-state index contributed by atoms with van der Waals surface area (Å²) < 4.78 is 0. The van der Waals surface area contributed by atoms with Crippen LogP contribution in [0.3, 0.4) is 0 Å². The molecule has 2 atom stereocenters. The van der Waals surface area contributed by atoms with Crippen LogP contribution < -0.4 is 15.5 Å². The number of para-hydroxylation sites is 1. The molecule has 30 heavy (non-hydrogen) atoms. The average Bonchev–Trinajstić information content (AvgIpc) is 3.30. The summed E-state index contributed by atoms with van der Waals surface area (Å²) in [6, 6.07) is 16.4. The van der Waals surface area contributed by atoms with Crippen molar-refractivity contribution in [1.82, 2.24) is 15.5 Å². The fourth-order valence-electron chi connectivity index (χ4n) is 4.86. The highest BCUT2D eigenvalue weighted by molar-refractivity contribution is 7.80. The third-order valence-electron chi connectivity index (χ3n) is 6.44. The van der Waals surface area contributed by atoms with Gasteiger partial charge in [-0.2, -0.15) is 0 Å². The molecule has 0 unspecified atom stereocenters. The highest BCUT2D eigenvalue weighted by Crippen LogP contribution is 2.30. The average molecular weight is 443 g/mol. The van der Waals surface area contributed by atoms with E-state index in [2.05, 4.69) is 75.2 Å². The lowest BCUT2D eigenvalue weighted by Gasteiger charge is -2.42. The van der Waals surface area contributed by atoms with Gasteiger partial charge in [0.2, 0.25) is 0 Å². The summed E-state index contributed by atoms with van der Waals surface area (Å²) in [6.45, 7) is 6.52. The molecule has 2 aliphatic rings. The Labute approximate surface area is 190 Å². The molecule has 0 amide bonds. The largest absolute Gasteiger partial charge is 0.369 e. The molecule has 1 aliphatic carbocycles. The van der Waals surface area contributed by atoms with E-state index in [1.807, 2.05) is 11.3 Å². The molecule has 2 N–H and O–H groups in total. The van der Waals surface area contributed by atoms with Gasteiger partial charge in [-0.1, -0.05) is 43.5 Å². The fraction of sp³-hybridized carbons (Fsp3) is 0.542. The van der Waals surface area contributed by atoms with E-state index in [9.17, 15) is 0 Å². The van der Waals surface area contributed by atoms with Crippen LogP contribution in [0.5, 0.6) is 0 Å². The molecule has 4 rings (SSSR count). The number of rotatable bonds is 6. The van der Waals surface area contributed by atoms with Crippen LogP contribution in [0.1, 0.15) is 49.9 Å². The molecule has 0 spiro atoms. The van der Waals surface area contributed by atoms with Crippen molar-refractivity contribution < 1.29 is 0 Å². The van der Waals surface area contributed by atoms with Gasteiger partial charge in [0.1, 0.15) is 0 Å². The molecule has 1 aromatic heterocycles. The summed E-state index contributed by atoms with van der Waals surface area (Å²) >= 11 is 7.55. The number of hydrogen-bond acceptors (Lipinski definition) is 4. The number of benzene rings is 1. The highest BCUT2D eigenvalue weighted by atomic mass is 32.1. The third kappa shape index (κ3) is 5.54. The summed E-state index contributed by atoms with van der Waals surface area (Å²) in [6.07, 6.45) is 6.49. The molecule has 162 valence electrons. The summed E-state index contributed by atoms with van der Waals surface area (Å²) in [5.41, 5.74) is 1.33. The first-order valence-corrected chi connectivity index (χ1v) is 12.6. The maximum absolute atomic E-state index is 5.70. The Kier molecular flexibility index (Phi) is 7.63. The minimum absolute atomic E-state index is 0.260. The second-order valence-electron chi connectivity index (χ2n) is 8.56. The Morgan fingerprint density at radius 2 is 1.73 bits per heavy atom. The van der Waals surface area contributed by atoms with Crippen LogP contribution in [0, 0.1) is 0 Å². The van der Waals surface area contributed by atoms with Gasteiger partial charge >= 0.3 is 0 Å². The summed E-state index contributed by atoms with van der Waals surface area (Å²) in [7, 11) is 0. The summed E-state index contributed by atoms with van der Waals surface area (Å²) in [5.74, 6) is 0. The van der Waals surface area contributed by atoms with Crippen LogP contribution >= 0.6 is 23.6 Å². The Morgan fingerprint density at radius 1 is 1.00 bits per heavy atom. The van der Waals surface area contributed by atoms with Gasteiger partial charge in [0.05, 0.1) is 6.04 Å². The first-order chi connectivity index (χ1) is 14.7. The molecule has 1 saturated carbocycles. The van der Waals surface area contributed by atoms with Crippen molar-refractivity contribution in [3.05, 3.63) is 52.7 Å². The molecule has 0 radical (unpaired) electrons. The number of anilines is 1. The standard InChI is InChI=1S/C24H34N4S2/c1-19(25-24(29)26-20-9-4-2-5-10-20)23(22-13-8-18-30-22)28-16-14-27(15-17-28)21-11-6-3-7-12-21/h3,6-8,11-13,18-20,23H,2,4-5,9-10,14-17H2,1H3,(H2,25,26,29)/t19-,23-/m1/s1. The number of nitrogens with zero attached hydrogens (tertiary/aromatic N) is 2. The minimum atomic E-state index is 0.260. The molecule has 6 heteroatoms. The molecule has 0 bridgehead atoms. The lowest BCUT2D eigenvalue weighted by molar-refractivity contribution is 0.162. The van der Waals surface area contributed by atoms with Crippen LogP contribution in [0.4, 0.5) is 5.69 Å². The van der Waals surface area contributed by atoms with E-state index in [1.165, 1.54) is 42.7 Å². The van der Waals surface area contributed by atoms with Gasteiger partial charge in [0.25, 0.3) is 0 Å². The van der Waals surface area contributed by atoms with Crippen molar-refractivity contribution in [2.75, 3.05) is 31.1 Å². The number of nitrogens with one attached hydrogen (secondary N) is 2. The SMILES string of the molecule is C[C@@H](NC(=S)NC1CCCCC1)[C@H](c1cccs1)N1CCN(c2ccccc2)CC1. The van der Waals surface area contributed by atoms with Crippen LogP contribution in [-0.2, 0) is 0 Å². The summed E-state index contributed by atoms with van der Waals surface area (Å²) in [5, 5.41) is 10.2. The quantitative estimate of drug-likeness (QED) is 0.628. The van der Waals surface area contributed by atoms with Gasteiger partial charge in [0.15, 0.2) is 5.11 Å². The Balaban J connectivity index is 1.37. The molecule has 2 heterocycles. The van der Waals surface area contributed by atoms with Gasteiger partial charge in [0, 0.05) is 48.8 Å². The smallest absolute Gasteiger partial charge is 0.166 e. The van der Waals surface area contributed by atoms with Gasteiger partial charge in [-0.25, -0.2) is 0 Å². The van der Waals surface area contributed by atoms with Crippen molar-refractivity contribution >= 4 is 34.4 Å². The number of thiophene rings is 1. The van der Waals surface area contributed by atoms with Crippen molar-refractivity contribution in [1.29, 1.82) is 0 Å². The van der Waals surface area contributed by atoms with Crippen LogP contribution in [0.25, 0.3) is 0 Å². The Morgan fingerprint density at radius 3 is 2.40 bits per heavy atom. The van der Waals surface area contributed by atoms with E-state index < -0.39 is 0 Å². The lowest BCUT2D eigenvalue weighted by atomic mass is 9.96. The minimum Gasteiger partial charge on any atom is -0.369 e. The molecular weight excluding hydrogens is 408 g/mol. The molecule has 1 saturated heterocycles. The predicted molar refractivity (Wildman–Crippen MR) is 132 cm³/mol. The number of thiocarbonyl (C=S) groups is 1. The van der Waals surface area contributed by atoms with E-state index in [4.69, 9.17) is 12.2 Å². The Bertz CT molecular complexity index is 766. The highest BCUT2D eigenvalue weighted by Gasteiger charge is 2.30. The third-order valence-corrected chi connectivity index (χ3v) is 7.62. The van der Waals surface area contributed by atoms with Gasteiger partial charge < -0.3 is 15.5 Å². The van der Waals surface area contributed by atoms with E-state index in [1.54, 1.807) is 0 Å². The van der Waals surface area contributed by atoms with Crippen LogP contribution in [-0.4, -0.2) is 48.3 Å². The Hall–Kier alpha value is -1.63. The first kappa shape index (κ1) is 21.6. The van der Waals surface area contributed by atoms with Crippen molar-refractivity contribution in [2.24, 2.45) is 0 Å². The van der Waals surface area contributed by atoms with Crippen LogP contribution in [0.15, 0.2) is 47.8 Å². The van der Waals surface area contributed by atoms with Crippen molar-refractivity contribution in [3.8, 4) is 0 Å². The van der Waals surface area contributed by atoms with Gasteiger partial charge in [-0.05, 0) is 55.6 Å². The second kappa shape index (κ2) is 10.6. The maximum atomic E-state index is 5.70. The van der Waals surface area contributed by atoms with E-state index in [0.29, 0.717) is 12.1 Å². The molecule has 4 nitrogen and oxygen atoms in total. The second-order valence-corrected chi connectivity index (χ2v) is 9.95. The molecule has 1 aliphatic heterocycles. The molecular formula is C24H34N4S2. The van der Waals surface area contributed by atoms with E-state index in [-0.39, 0.29) is 6.04 Å². The predicted octanol–water partition coefficient (Wildman–Crippen LogP) is 4.80. The van der Waals surface area contributed by atoms with E-state index in [0.717, 1.165) is 31.3 Å². The summed E-state index contributed by atoms with van der Waals surface area (Å²) in [4.78, 5) is 6.55. The van der Waals surface area contributed by atoms with Gasteiger partial charge in [-0.3, -0.25) is 4.90 Å². The maximum Gasteiger partial charge on any atom is 0.166 e. The van der Waals surface area contributed by atoms with Crippen molar-refractivity contribution in [2.45, 2.75) is 57.2 Å². The topological polar surface area (TPSA) is 30.5 Å². The zero-order valence-corrected chi connectivity index (χ0v) is 19.6. The molecule has 2 aromatic rings. The first-order valence-electron chi connectivity index (χ1n) is 11.3. The monoisotopic (exact) mass is 442 g/mol. The van der Waals surface area contributed by atoms with Gasteiger partial charge in [-0.15, -0.1) is 11.3 Å². The lowest BCUT2D eigenvalue weighted by Crippen LogP contribution is -2.54. The normalized spacial score (nSPS) is 20.5. The fourth-order valence-corrected chi connectivity index (χ4v) is 6.18. The van der Waals surface area contributed by atoms with Crippen LogP contribution in [0.2, 0.25) is 0 Å². The molecule has 2 fully saturated rings. The zero-order chi connectivity index (χ0) is 20.8. The number of hydrogen-bond donors (Lipinski definition) is 2. The molecule has 1 aromatic carbocycles. The number of piperazine rings is 1. The van der Waals surface area contributed by atoms with Crippen molar-refractivity contribution in [3.63, 3.8) is 0 Å². The zero-order valence-electron chi connectivity index (χ0n) is 17.9.